The first kappa shape index (κ1) is 13.7. The lowest BCUT2D eigenvalue weighted by Crippen LogP contribution is -2.47. The summed E-state index contributed by atoms with van der Waals surface area (Å²) in [7, 11) is 1.45. The third-order valence-electron chi connectivity index (χ3n) is 3.06. The summed E-state index contributed by atoms with van der Waals surface area (Å²) < 4.78 is 10.3. The maximum atomic E-state index is 9.60. The van der Waals surface area contributed by atoms with Crippen molar-refractivity contribution in [3.8, 4) is 6.01 Å². The molecule has 0 saturated carbocycles. The summed E-state index contributed by atoms with van der Waals surface area (Å²) in [5.74, 6) is 5.78. The predicted octanol–water partition coefficient (Wildman–Crippen LogP) is -0.881. The molecule has 0 atom stereocenters. The summed E-state index contributed by atoms with van der Waals surface area (Å²) in [6.45, 7) is 1.13. The lowest BCUT2D eigenvalue weighted by molar-refractivity contribution is 0.0376. The van der Waals surface area contributed by atoms with E-state index in [1.165, 1.54) is 7.11 Å². The Labute approximate surface area is 110 Å². The number of nitrogen functional groups attached to an aromatic ring is 1. The number of hydrogen-bond donors (Lipinski definition) is 4. The molecule has 1 aliphatic heterocycles. The minimum Gasteiger partial charge on any atom is -0.467 e. The van der Waals surface area contributed by atoms with Gasteiger partial charge in [-0.1, -0.05) is 0 Å². The highest BCUT2D eigenvalue weighted by Crippen LogP contribution is 2.24. The summed E-state index contributed by atoms with van der Waals surface area (Å²) in [6, 6.07) is 0.144. The number of anilines is 2. The topological polar surface area (TPSA) is 127 Å². The van der Waals surface area contributed by atoms with Crippen molar-refractivity contribution in [2.24, 2.45) is 5.84 Å². The second-order valence-corrected chi connectivity index (χ2v) is 4.29. The van der Waals surface area contributed by atoms with Crippen molar-refractivity contribution in [3.05, 3.63) is 0 Å². The van der Waals surface area contributed by atoms with Gasteiger partial charge in [-0.2, -0.15) is 15.0 Å². The van der Waals surface area contributed by atoms with Gasteiger partial charge in [0.05, 0.1) is 19.3 Å². The minimum absolute atomic E-state index is 0.0320. The van der Waals surface area contributed by atoms with E-state index >= 15 is 0 Å². The first-order valence-electron chi connectivity index (χ1n) is 5.95. The highest BCUT2D eigenvalue weighted by Gasteiger charge is 2.33. The Morgan fingerprint density at radius 1 is 1.32 bits per heavy atom. The maximum Gasteiger partial charge on any atom is 0.322 e. The molecule has 106 valence electrons. The number of nitrogens with two attached hydrogens (primary N) is 1. The highest BCUT2D eigenvalue weighted by molar-refractivity contribution is 5.37. The van der Waals surface area contributed by atoms with Crippen molar-refractivity contribution >= 4 is 11.9 Å². The van der Waals surface area contributed by atoms with Crippen molar-refractivity contribution in [1.82, 2.24) is 15.0 Å². The number of nitrogens with zero attached hydrogens (tertiary/aromatic N) is 3. The third-order valence-corrected chi connectivity index (χ3v) is 3.06. The van der Waals surface area contributed by atoms with Gasteiger partial charge in [0.15, 0.2) is 0 Å². The van der Waals surface area contributed by atoms with Gasteiger partial charge in [-0.3, -0.25) is 5.43 Å². The average molecular weight is 270 g/mol. The summed E-state index contributed by atoms with van der Waals surface area (Å²) in [4.78, 5) is 12.1. The largest absolute Gasteiger partial charge is 0.467 e. The Balaban J connectivity index is 2.20. The number of hydrazine groups is 1. The molecule has 1 aromatic rings. The highest BCUT2D eigenvalue weighted by atomic mass is 16.5. The lowest BCUT2D eigenvalue weighted by atomic mass is 9.91. The van der Waals surface area contributed by atoms with Gasteiger partial charge < -0.3 is 19.9 Å². The Kier molecular flexibility index (Phi) is 4.30. The van der Waals surface area contributed by atoms with Crippen LogP contribution in [0.1, 0.15) is 12.8 Å². The number of nitrogens with one attached hydrogen (secondary N) is 2. The molecule has 9 heteroatoms. The molecule has 19 heavy (non-hydrogen) atoms. The van der Waals surface area contributed by atoms with E-state index in [-0.39, 0.29) is 18.6 Å². The van der Waals surface area contributed by atoms with Crippen LogP contribution in [0.3, 0.4) is 0 Å². The molecule has 1 fully saturated rings. The van der Waals surface area contributed by atoms with E-state index in [2.05, 4.69) is 25.7 Å². The number of aliphatic hydroxyl groups excluding tert-OH is 1. The van der Waals surface area contributed by atoms with E-state index in [1.807, 2.05) is 0 Å². The lowest BCUT2D eigenvalue weighted by Gasteiger charge is -2.36. The quantitative estimate of drug-likeness (QED) is 0.398. The summed E-state index contributed by atoms with van der Waals surface area (Å²) in [5, 5.41) is 12.7. The smallest absolute Gasteiger partial charge is 0.322 e. The van der Waals surface area contributed by atoms with E-state index in [0.29, 0.717) is 32.0 Å². The van der Waals surface area contributed by atoms with Crippen LogP contribution < -0.4 is 21.3 Å². The van der Waals surface area contributed by atoms with Crippen LogP contribution in [0.5, 0.6) is 6.01 Å². The number of aliphatic hydroxyl groups is 1. The molecule has 1 aliphatic rings. The van der Waals surface area contributed by atoms with Gasteiger partial charge in [0.25, 0.3) is 0 Å². The van der Waals surface area contributed by atoms with Gasteiger partial charge in [-0.15, -0.1) is 0 Å². The first-order chi connectivity index (χ1) is 9.21. The van der Waals surface area contributed by atoms with Gasteiger partial charge in [0.2, 0.25) is 11.9 Å². The Hall–Kier alpha value is -1.71. The standard InChI is InChI=1S/C10H18N6O3/c1-18-9-13-7(12-8(14-9)16-11)15-10(6-17)2-4-19-5-3-10/h17H,2-6,11H2,1H3,(H2,12,13,14,15,16). The molecule has 5 N–H and O–H groups in total. The van der Waals surface area contributed by atoms with Crippen LogP contribution in [0, 0.1) is 0 Å². The number of methoxy groups -OCH3 is 1. The summed E-state index contributed by atoms with van der Waals surface area (Å²) in [5.41, 5.74) is 1.85. The second-order valence-electron chi connectivity index (χ2n) is 4.29. The Morgan fingerprint density at radius 3 is 2.58 bits per heavy atom. The van der Waals surface area contributed by atoms with Crippen molar-refractivity contribution in [1.29, 1.82) is 0 Å². The molecule has 0 bridgehead atoms. The van der Waals surface area contributed by atoms with E-state index in [9.17, 15) is 5.11 Å². The molecule has 0 spiro atoms. The fraction of sp³-hybridized carbons (Fsp3) is 0.700. The molecule has 0 radical (unpaired) electrons. The average Bonchev–Trinajstić information content (AvgIpc) is 2.47. The normalized spacial score (nSPS) is 17.8. The number of rotatable bonds is 5. The van der Waals surface area contributed by atoms with Gasteiger partial charge in [0.1, 0.15) is 0 Å². The molecule has 0 unspecified atom stereocenters. The molecule has 0 aliphatic carbocycles. The molecule has 2 heterocycles. The fourth-order valence-electron chi connectivity index (χ4n) is 1.89. The minimum atomic E-state index is -0.490. The number of hydrogen-bond acceptors (Lipinski definition) is 9. The van der Waals surface area contributed by atoms with Crippen molar-refractivity contribution in [2.75, 3.05) is 37.7 Å². The van der Waals surface area contributed by atoms with Crippen LogP contribution in [0.2, 0.25) is 0 Å². The van der Waals surface area contributed by atoms with Crippen LogP contribution in [0.4, 0.5) is 11.9 Å². The number of aromatic nitrogens is 3. The molecule has 1 aromatic heterocycles. The van der Waals surface area contributed by atoms with Crippen molar-refractivity contribution in [2.45, 2.75) is 18.4 Å². The van der Waals surface area contributed by atoms with Crippen molar-refractivity contribution < 1.29 is 14.6 Å². The molecular formula is C10H18N6O3. The monoisotopic (exact) mass is 270 g/mol. The summed E-state index contributed by atoms with van der Waals surface area (Å²) >= 11 is 0. The van der Waals surface area contributed by atoms with Crippen molar-refractivity contribution in [3.63, 3.8) is 0 Å². The Bertz CT molecular complexity index is 401. The zero-order valence-electron chi connectivity index (χ0n) is 10.7. The zero-order chi connectivity index (χ0) is 13.7. The zero-order valence-corrected chi connectivity index (χ0v) is 10.7. The molecular weight excluding hydrogens is 252 g/mol. The second kappa shape index (κ2) is 5.95. The van der Waals surface area contributed by atoms with Gasteiger partial charge in [0, 0.05) is 13.2 Å². The number of ether oxygens (including phenoxy) is 2. The first-order valence-corrected chi connectivity index (χ1v) is 5.95. The fourth-order valence-corrected chi connectivity index (χ4v) is 1.89. The molecule has 0 amide bonds. The molecule has 1 saturated heterocycles. The SMILES string of the molecule is COc1nc(NN)nc(NC2(CO)CCOCC2)n1. The van der Waals surface area contributed by atoms with Crippen LogP contribution in [-0.4, -0.2) is 52.5 Å². The molecule has 9 nitrogen and oxygen atoms in total. The van der Waals surface area contributed by atoms with Crippen LogP contribution >= 0.6 is 0 Å². The third kappa shape index (κ3) is 3.19. The van der Waals surface area contributed by atoms with E-state index in [4.69, 9.17) is 15.3 Å². The van der Waals surface area contributed by atoms with Crippen LogP contribution in [0.15, 0.2) is 0 Å². The van der Waals surface area contributed by atoms with Gasteiger partial charge in [-0.25, -0.2) is 5.84 Å². The van der Waals surface area contributed by atoms with Crippen LogP contribution in [0.25, 0.3) is 0 Å². The van der Waals surface area contributed by atoms with E-state index < -0.39 is 5.54 Å². The van der Waals surface area contributed by atoms with Gasteiger partial charge in [-0.05, 0) is 12.8 Å². The molecule has 2 rings (SSSR count). The van der Waals surface area contributed by atoms with Gasteiger partial charge >= 0.3 is 6.01 Å². The van der Waals surface area contributed by atoms with Crippen LogP contribution in [-0.2, 0) is 4.74 Å². The van der Waals surface area contributed by atoms with E-state index in [0.717, 1.165) is 0 Å². The Morgan fingerprint density at radius 2 is 2.00 bits per heavy atom. The summed E-state index contributed by atoms with van der Waals surface area (Å²) in [6.07, 6.45) is 1.34. The van der Waals surface area contributed by atoms with E-state index in [1.54, 1.807) is 0 Å². The molecule has 0 aromatic carbocycles. The predicted molar refractivity (Wildman–Crippen MR) is 67.7 cm³/mol. The maximum absolute atomic E-state index is 9.60.